The zero-order valence-corrected chi connectivity index (χ0v) is 28.7. The van der Waals surface area contributed by atoms with Crippen molar-refractivity contribution < 1.29 is 166 Å². The average molecular weight is 646 g/mol. The number of phosphoric acid groups is 2. The number of carbonyl (C=O) groups is 1. The van der Waals surface area contributed by atoms with Gasteiger partial charge in [-0.3, -0.25) is 28.0 Å². The van der Waals surface area contributed by atoms with Gasteiger partial charge >= 0.3 is 94.4 Å². The van der Waals surface area contributed by atoms with Crippen LogP contribution in [0.25, 0.3) is 0 Å². The molecule has 2 aliphatic rings. The number of H-pyrrole nitrogens is 1. The van der Waals surface area contributed by atoms with Gasteiger partial charge in [-0.1, -0.05) is 0 Å². The van der Waals surface area contributed by atoms with Crippen molar-refractivity contribution in [3.63, 3.8) is 0 Å². The number of nitrogens with one attached hydrogen (secondary N) is 1. The number of aliphatic hydroxyl groups excluding tert-OH is 5. The van der Waals surface area contributed by atoms with E-state index < -0.39 is 94.7 Å². The minimum absolute atomic E-state index is 0. The molecule has 1 aromatic heterocycles. The van der Waals surface area contributed by atoms with Crippen molar-refractivity contribution in [2.45, 2.75) is 55.2 Å². The van der Waals surface area contributed by atoms with Gasteiger partial charge in [0.15, 0.2) is 12.5 Å². The first-order chi connectivity index (χ1) is 17.0. The number of hydrogen-bond donors (Lipinski definition) is 6. The smallest absolute Gasteiger partial charge is 0.756 e. The Labute approximate surface area is 289 Å². The Morgan fingerprint density at radius 2 is 1.55 bits per heavy atom. The van der Waals surface area contributed by atoms with E-state index in [2.05, 4.69) is 18.1 Å². The number of hydrogen-bond acceptors (Lipinski definition) is 18. The maximum absolute atomic E-state index is 12.0. The van der Waals surface area contributed by atoms with Gasteiger partial charge in [-0.2, -0.15) is 0 Å². The van der Waals surface area contributed by atoms with Crippen LogP contribution in [0.3, 0.4) is 0 Å². The number of aromatic nitrogens is 2. The molecule has 2 aliphatic heterocycles. The number of phosphoric ester groups is 2. The fourth-order valence-electron chi connectivity index (χ4n) is 3.31. The second kappa shape index (κ2) is 16.4. The van der Waals surface area contributed by atoms with Gasteiger partial charge < -0.3 is 59.2 Å². The number of aliphatic hydroxyl groups is 5. The van der Waals surface area contributed by atoms with Crippen molar-refractivity contribution in [3.8, 4) is 0 Å². The zero-order valence-electron chi connectivity index (χ0n) is 20.9. The van der Waals surface area contributed by atoms with Gasteiger partial charge in [0.25, 0.3) is 21.2 Å². The van der Waals surface area contributed by atoms with Crippen LogP contribution in [0.1, 0.15) is 6.23 Å². The molecule has 0 spiro atoms. The number of rotatable bonds is 9. The summed E-state index contributed by atoms with van der Waals surface area (Å²) >= 11 is 0. The Bertz CT molecular complexity index is 1220. The van der Waals surface area contributed by atoms with Crippen molar-refractivity contribution in [2.75, 3.05) is 6.61 Å². The van der Waals surface area contributed by atoms with Crippen LogP contribution in [0.2, 0.25) is 0 Å². The third kappa shape index (κ3) is 10.1. The molecule has 6 N–H and O–H groups in total. The van der Waals surface area contributed by atoms with E-state index in [0.29, 0.717) is 4.57 Å². The number of nitrogens with zero attached hydrogens (tertiary/aromatic N) is 1. The number of carboxylic acids is 1. The first-order valence-corrected chi connectivity index (χ1v) is 12.8. The van der Waals surface area contributed by atoms with Crippen molar-refractivity contribution in [1.29, 1.82) is 0 Å². The van der Waals surface area contributed by atoms with Crippen LogP contribution in [0, 0.1) is 0 Å². The number of carbonyl (C=O) groups excluding carboxylic acids is 1. The molecule has 3 rings (SSSR count). The Morgan fingerprint density at radius 3 is 2.10 bits per heavy atom. The second-order valence-electron chi connectivity index (χ2n) is 7.66. The molecule has 0 bridgehead atoms. The monoisotopic (exact) mass is 646 g/mol. The normalized spacial score (nSPS) is 34.7. The van der Waals surface area contributed by atoms with E-state index in [1.165, 1.54) is 0 Å². The SMILES string of the molecule is O=C([O-])[C@H]1O[C@H](OP(=O)([O-])OP(=O)([O-])OC[C@H]2O[C@@H](n3ccc(=O)[nH]c3=O)[C@H](O)[C@@H]2O)[C@H](O)[C@@H](O)[C@H]1O.[Na+].[Na+].[Na+]. The van der Waals surface area contributed by atoms with Crippen LogP contribution < -0.4 is 115 Å². The van der Waals surface area contributed by atoms with Crippen LogP contribution in [0.15, 0.2) is 21.9 Å². The van der Waals surface area contributed by atoms with E-state index in [4.69, 9.17) is 4.74 Å². The molecule has 11 atom stereocenters. The Hall–Kier alpha value is 1.13. The quantitative estimate of drug-likeness (QED) is 0.107. The van der Waals surface area contributed by atoms with Crippen LogP contribution in [-0.2, 0) is 36.8 Å². The molecule has 40 heavy (non-hydrogen) atoms. The molecule has 20 nitrogen and oxygen atoms in total. The van der Waals surface area contributed by atoms with Gasteiger partial charge in [-0.05, 0) is 0 Å². The minimum Gasteiger partial charge on any atom is -0.756 e. The molecular formula is C15H19N2Na3O18P2. The number of aromatic amines is 1. The van der Waals surface area contributed by atoms with E-state index in [1.807, 2.05) is 4.98 Å². The first kappa shape index (κ1) is 41.1. The molecule has 3 heterocycles. The van der Waals surface area contributed by atoms with Crippen molar-refractivity contribution >= 4 is 21.6 Å². The van der Waals surface area contributed by atoms with E-state index in [9.17, 15) is 63.9 Å². The predicted octanol–water partition coefficient (Wildman–Crippen LogP) is -16.3. The van der Waals surface area contributed by atoms with Crippen molar-refractivity contribution in [1.82, 2.24) is 9.55 Å². The van der Waals surface area contributed by atoms with Gasteiger partial charge in [0, 0.05) is 12.3 Å². The maximum atomic E-state index is 12.0. The van der Waals surface area contributed by atoms with Crippen molar-refractivity contribution in [2.24, 2.45) is 0 Å². The summed E-state index contributed by atoms with van der Waals surface area (Å²) in [7, 11) is -11.9. The van der Waals surface area contributed by atoms with Gasteiger partial charge in [0.05, 0.1) is 12.6 Å². The fraction of sp³-hybridized carbons (Fsp3) is 0.667. The molecule has 25 heteroatoms. The standard InChI is InChI=1S/C15H22N2O18P2.3Na/c18-5-1-2-17(15(26)16-5)12-9(22)6(19)4(32-12)3-31-36(27,28)35-37(29,30)34-14-10(23)7(20)8(21)11(33-14)13(24)25;;;/h1-2,4,6-12,14,19-23H,3H2,(H,24,25)(H,27,28)(H,29,30)(H,16,18,26);;;/q;3*+1/p-3/t4-,6-,7+,8-,9-,10-,11+,12-,14-;;;/m1.../s1. The first-order valence-electron chi connectivity index (χ1n) is 9.93. The summed E-state index contributed by atoms with van der Waals surface area (Å²) in [4.78, 5) is 59.8. The summed E-state index contributed by atoms with van der Waals surface area (Å²) in [6, 6.07) is 0.890. The fourth-order valence-corrected chi connectivity index (χ4v) is 5.39. The summed E-state index contributed by atoms with van der Waals surface area (Å²) in [6.07, 6.45) is -18.0. The Balaban J connectivity index is 0.00000507. The van der Waals surface area contributed by atoms with Gasteiger partial charge in [-0.25, -0.2) is 9.11 Å². The molecule has 2 unspecified atom stereocenters. The minimum atomic E-state index is -6.06. The van der Waals surface area contributed by atoms with Gasteiger partial charge in [0.2, 0.25) is 0 Å². The number of aliphatic carboxylic acids is 1. The Kier molecular flexibility index (Phi) is 16.9. The number of carboxylic acid groups (broad SMARTS) is 1. The third-order valence-corrected chi connectivity index (χ3v) is 7.63. The summed E-state index contributed by atoms with van der Waals surface area (Å²) < 4.78 is 46.5. The molecule has 0 aromatic carbocycles. The third-order valence-electron chi connectivity index (χ3n) is 5.09. The summed E-state index contributed by atoms with van der Waals surface area (Å²) in [6.45, 7) is -1.17. The average Bonchev–Trinajstić information content (AvgIpc) is 3.05. The zero-order chi connectivity index (χ0) is 27.9. The molecule has 1 aromatic rings. The second-order valence-corrected chi connectivity index (χ2v) is 10.6. The van der Waals surface area contributed by atoms with E-state index in [-0.39, 0.29) is 88.7 Å². The van der Waals surface area contributed by atoms with Crippen molar-refractivity contribution in [3.05, 3.63) is 33.1 Å². The molecule has 2 fully saturated rings. The molecule has 210 valence electrons. The van der Waals surface area contributed by atoms with Crippen LogP contribution >= 0.6 is 15.6 Å². The number of ether oxygens (including phenoxy) is 2. The molecule has 0 saturated carbocycles. The Morgan fingerprint density at radius 1 is 0.950 bits per heavy atom. The summed E-state index contributed by atoms with van der Waals surface area (Å²) in [5, 5.41) is 60.0. The molecule has 0 amide bonds. The summed E-state index contributed by atoms with van der Waals surface area (Å²) in [5.41, 5.74) is -1.83. The molecule has 0 aliphatic carbocycles. The van der Waals surface area contributed by atoms with E-state index >= 15 is 0 Å². The van der Waals surface area contributed by atoms with Crippen LogP contribution in [0.5, 0.6) is 0 Å². The maximum Gasteiger partial charge on any atom is 1.00 e. The van der Waals surface area contributed by atoms with E-state index in [1.54, 1.807) is 0 Å². The van der Waals surface area contributed by atoms with Crippen LogP contribution in [-0.4, -0.2) is 96.7 Å². The molecule has 2 saturated heterocycles. The molecular weight excluding hydrogens is 627 g/mol. The molecule has 0 radical (unpaired) electrons. The van der Waals surface area contributed by atoms with Gasteiger partial charge in [-0.15, -0.1) is 0 Å². The predicted molar refractivity (Wildman–Crippen MR) is 102 cm³/mol. The topological polar surface area (TPSA) is 323 Å². The largest absolute Gasteiger partial charge is 1.00 e. The van der Waals surface area contributed by atoms with E-state index in [0.717, 1.165) is 12.3 Å². The van der Waals surface area contributed by atoms with Gasteiger partial charge in [0.1, 0.15) is 42.7 Å². The summed E-state index contributed by atoms with van der Waals surface area (Å²) in [5.74, 6) is -2.13. The van der Waals surface area contributed by atoms with Crippen LogP contribution in [0.4, 0.5) is 0 Å².